The van der Waals surface area contributed by atoms with Gasteiger partial charge in [0.1, 0.15) is 5.41 Å². The highest BCUT2D eigenvalue weighted by molar-refractivity contribution is 5.93. The number of primary amides is 1. The van der Waals surface area contributed by atoms with Crippen LogP contribution in [-0.2, 0) is 16.6 Å². The Morgan fingerprint density at radius 3 is 1.83 bits per heavy atom. The van der Waals surface area contributed by atoms with E-state index in [-0.39, 0.29) is 0 Å². The molecule has 4 heteroatoms. The van der Waals surface area contributed by atoms with Gasteiger partial charge < -0.3 is 10.8 Å². The first-order chi connectivity index (χ1) is 11.2. The molecule has 0 heterocycles. The SMILES string of the molecule is CC(C)Cc1ccc(C(C)(C(=O)O)c2ccc(C(N)=O)cc2)cc1. The van der Waals surface area contributed by atoms with Crippen LogP contribution in [0.3, 0.4) is 0 Å². The Balaban J connectivity index is 2.43. The summed E-state index contributed by atoms with van der Waals surface area (Å²) in [4.78, 5) is 23.2. The fourth-order valence-corrected chi connectivity index (χ4v) is 2.83. The number of hydrogen-bond acceptors (Lipinski definition) is 2. The minimum Gasteiger partial charge on any atom is -0.480 e. The lowest BCUT2D eigenvalue weighted by atomic mass is 9.76. The van der Waals surface area contributed by atoms with Gasteiger partial charge in [-0.3, -0.25) is 9.59 Å². The Bertz CT molecular complexity index is 732. The molecular formula is C20H23NO3. The number of carboxylic acid groups (broad SMARTS) is 1. The van der Waals surface area contributed by atoms with Gasteiger partial charge in [-0.2, -0.15) is 0 Å². The van der Waals surface area contributed by atoms with Crippen LogP contribution in [-0.4, -0.2) is 17.0 Å². The zero-order chi connectivity index (χ0) is 17.9. The number of carboxylic acids is 1. The predicted octanol–water partition coefficient (Wildman–Crippen LogP) is 3.37. The van der Waals surface area contributed by atoms with Crippen molar-refractivity contribution >= 4 is 11.9 Å². The van der Waals surface area contributed by atoms with Crippen LogP contribution in [0.4, 0.5) is 0 Å². The number of carbonyl (C=O) groups excluding carboxylic acids is 1. The van der Waals surface area contributed by atoms with Crippen LogP contribution < -0.4 is 5.73 Å². The zero-order valence-corrected chi connectivity index (χ0v) is 14.2. The van der Waals surface area contributed by atoms with E-state index in [2.05, 4.69) is 13.8 Å². The van der Waals surface area contributed by atoms with Gasteiger partial charge in [0, 0.05) is 5.56 Å². The highest BCUT2D eigenvalue weighted by Gasteiger charge is 2.37. The van der Waals surface area contributed by atoms with Gasteiger partial charge in [-0.05, 0) is 48.1 Å². The minimum absolute atomic E-state index is 0.360. The summed E-state index contributed by atoms with van der Waals surface area (Å²) in [6.45, 7) is 5.97. The number of rotatable bonds is 6. The number of benzene rings is 2. The van der Waals surface area contributed by atoms with Crippen LogP contribution in [0.1, 0.15) is 47.8 Å². The van der Waals surface area contributed by atoms with E-state index in [0.29, 0.717) is 22.6 Å². The van der Waals surface area contributed by atoms with Gasteiger partial charge in [0.15, 0.2) is 0 Å². The molecule has 0 aliphatic heterocycles. The molecule has 0 spiro atoms. The highest BCUT2D eigenvalue weighted by Crippen LogP contribution is 2.33. The largest absolute Gasteiger partial charge is 0.480 e. The van der Waals surface area contributed by atoms with Crippen molar-refractivity contribution in [2.24, 2.45) is 11.7 Å². The summed E-state index contributed by atoms with van der Waals surface area (Å²) < 4.78 is 0. The summed E-state index contributed by atoms with van der Waals surface area (Å²) >= 11 is 0. The molecule has 0 saturated heterocycles. The van der Waals surface area contributed by atoms with Gasteiger partial charge in [-0.25, -0.2) is 0 Å². The Morgan fingerprint density at radius 1 is 1.00 bits per heavy atom. The van der Waals surface area contributed by atoms with Crippen molar-refractivity contribution in [2.45, 2.75) is 32.6 Å². The highest BCUT2D eigenvalue weighted by atomic mass is 16.4. The maximum Gasteiger partial charge on any atom is 0.318 e. The predicted molar refractivity (Wildman–Crippen MR) is 94.0 cm³/mol. The molecule has 4 nitrogen and oxygen atoms in total. The normalized spacial score (nSPS) is 13.5. The van der Waals surface area contributed by atoms with Crippen LogP contribution in [0.2, 0.25) is 0 Å². The number of aliphatic carboxylic acids is 1. The molecule has 0 aromatic heterocycles. The molecule has 0 fully saturated rings. The maximum atomic E-state index is 12.0. The van der Waals surface area contributed by atoms with Crippen molar-refractivity contribution in [1.82, 2.24) is 0 Å². The molecule has 3 N–H and O–H groups in total. The van der Waals surface area contributed by atoms with Gasteiger partial charge in [0.2, 0.25) is 5.91 Å². The molecule has 0 saturated carbocycles. The molecule has 0 aliphatic rings. The fraction of sp³-hybridized carbons (Fsp3) is 0.300. The summed E-state index contributed by atoms with van der Waals surface area (Å²) in [5.41, 5.74) is 6.91. The lowest BCUT2D eigenvalue weighted by Crippen LogP contribution is -2.33. The third kappa shape index (κ3) is 3.48. The lowest BCUT2D eigenvalue weighted by molar-refractivity contribution is -0.141. The topological polar surface area (TPSA) is 80.4 Å². The Morgan fingerprint density at radius 2 is 1.46 bits per heavy atom. The number of amides is 1. The third-order valence-electron chi connectivity index (χ3n) is 4.35. The van der Waals surface area contributed by atoms with E-state index >= 15 is 0 Å². The van der Waals surface area contributed by atoms with Gasteiger partial charge >= 0.3 is 5.97 Å². The first-order valence-electron chi connectivity index (χ1n) is 7.98. The fourth-order valence-electron chi connectivity index (χ4n) is 2.83. The monoisotopic (exact) mass is 325 g/mol. The Hall–Kier alpha value is -2.62. The van der Waals surface area contributed by atoms with E-state index < -0.39 is 17.3 Å². The van der Waals surface area contributed by atoms with Crippen LogP contribution in [0.25, 0.3) is 0 Å². The molecule has 2 aromatic rings. The molecule has 0 radical (unpaired) electrons. The molecule has 1 atom stereocenters. The number of nitrogens with two attached hydrogens (primary N) is 1. The van der Waals surface area contributed by atoms with Gasteiger partial charge in [-0.1, -0.05) is 50.2 Å². The van der Waals surface area contributed by atoms with Crippen molar-refractivity contribution in [3.05, 3.63) is 70.8 Å². The van der Waals surface area contributed by atoms with E-state index in [4.69, 9.17) is 5.73 Å². The molecule has 2 aromatic carbocycles. The average Bonchev–Trinajstić information content (AvgIpc) is 2.54. The summed E-state index contributed by atoms with van der Waals surface area (Å²) in [5.74, 6) is -0.925. The quantitative estimate of drug-likeness (QED) is 0.854. The second-order valence-electron chi connectivity index (χ2n) is 6.67. The average molecular weight is 325 g/mol. The summed E-state index contributed by atoms with van der Waals surface area (Å²) in [7, 11) is 0. The molecule has 0 aliphatic carbocycles. The zero-order valence-electron chi connectivity index (χ0n) is 14.2. The first-order valence-corrected chi connectivity index (χ1v) is 7.98. The van der Waals surface area contributed by atoms with Crippen molar-refractivity contribution in [2.75, 3.05) is 0 Å². The van der Waals surface area contributed by atoms with Crippen molar-refractivity contribution in [3.63, 3.8) is 0 Å². The third-order valence-corrected chi connectivity index (χ3v) is 4.35. The van der Waals surface area contributed by atoms with Crippen molar-refractivity contribution < 1.29 is 14.7 Å². The first kappa shape index (κ1) is 17.7. The maximum absolute atomic E-state index is 12.0. The van der Waals surface area contributed by atoms with E-state index in [9.17, 15) is 14.7 Å². The molecular weight excluding hydrogens is 302 g/mol. The molecule has 1 unspecified atom stereocenters. The van der Waals surface area contributed by atoms with Gasteiger partial charge in [-0.15, -0.1) is 0 Å². The number of carbonyl (C=O) groups is 2. The van der Waals surface area contributed by atoms with Crippen LogP contribution in [0, 0.1) is 5.92 Å². The summed E-state index contributed by atoms with van der Waals surface area (Å²) in [6.07, 6.45) is 0.956. The van der Waals surface area contributed by atoms with Gasteiger partial charge in [0.05, 0.1) is 0 Å². The van der Waals surface area contributed by atoms with E-state index in [0.717, 1.165) is 6.42 Å². The molecule has 0 bridgehead atoms. The van der Waals surface area contributed by atoms with E-state index in [1.165, 1.54) is 5.56 Å². The van der Waals surface area contributed by atoms with Crippen LogP contribution in [0.5, 0.6) is 0 Å². The number of hydrogen-bond donors (Lipinski definition) is 2. The summed E-state index contributed by atoms with van der Waals surface area (Å²) in [6, 6.07) is 14.1. The Labute approximate surface area is 142 Å². The van der Waals surface area contributed by atoms with Gasteiger partial charge in [0.25, 0.3) is 0 Å². The van der Waals surface area contributed by atoms with Crippen molar-refractivity contribution in [3.8, 4) is 0 Å². The van der Waals surface area contributed by atoms with E-state index in [1.807, 2.05) is 24.3 Å². The summed E-state index contributed by atoms with van der Waals surface area (Å²) in [5, 5.41) is 9.84. The molecule has 2 rings (SSSR count). The molecule has 126 valence electrons. The second kappa shape index (κ2) is 6.87. The van der Waals surface area contributed by atoms with Crippen LogP contribution in [0.15, 0.2) is 48.5 Å². The molecule has 24 heavy (non-hydrogen) atoms. The second-order valence-corrected chi connectivity index (χ2v) is 6.67. The smallest absolute Gasteiger partial charge is 0.318 e. The standard InChI is InChI=1S/C20H23NO3/c1-13(2)12-14-4-8-16(9-5-14)20(3,19(23)24)17-10-6-15(7-11-17)18(21)22/h4-11,13H,12H2,1-3H3,(H2,21,22)(H,23,24). The molecule has 1 amide bonds. The Kier molecular flexibility index (Phi) is 5.07. The van der Waals surface area contributed by atoms with E-state index in [1.54, 1.807) is 31.2 Å². The van der Waals surface area contributed by atoms with Crippen molar-refractivity contribution in [1.29, 1.82) is 0 Å². The van der Waals surface area contributed by atoms with Crippen LogP contribution >= 0.6 is 0 Å². The lowest BCUT2D eigenvalue weighted by Gasteiger charge is -2.26. The minimum atomic E-state index is -1.19.